The van der Waals surface area contributed by atoms with Gasteiger partial charge in [-0.15, -0.1) is 0 Å². The van der Waals surface area contributed by atoms with E-state index in [0.717, 1.165) is 27.8 Å². The summed E-state index contributed by atoms with van der Waals surface area (Å²) in [5.41, 5.74) is 10.7. The van der Waals surface area contributed by atoms with Crippen molar-refractivity contribution in [3.8, 4) is 22.9 Å². The van der Waals surface area contributed by atoms with Crippen LogP contribution in [0.15, 0.2) is 60.7 Å². The van der Waals surface area contributed by atoms with E-state index in [1.807, 2.05) is 43.0 Å². The molecule has 1 heterocycles. The fourth-order valence-corrected chi connectivity index (χ4v) is 4.60. The Morgan fingerprint density at radius 3 is 2.62 bits per heavy atom. The van der Waals surface area contributed by atoms with Gasteiger partial charge in [0.1, 0.15) is 11.8 Å². The van der Waals surface area contributed by atoms with Gasteiger partial charge in [-0.25, -0.2) is 0 Å². The van der Waals surface area contributed by atoms with E-state index < -0.39 is 11.9 Å². The number of amides is 2. The summed E-state index contributed by atoms with van der Waals surface area (Å²) >= 11 is 0. The van der Waals surface area contributed by atoms with E-state index in [0.29, 0.717) is 30.8 Å². The second kappa shape index (κ2) is 11.2. The molecule has 190 valence electrons. The van der Waals surface area contributed by atoms with Crippen LogP contribution in [0.3, 0.4) is 0 Å². The Balaban J connectivity index is 1.51. The number of morpholine rings is 1. The van der Waals surface area contributed by atoms with Gasteiger partial charge in [-0.2, -0.15) is 5.26 Å². The summed E-state index contributed by atoms with van der Waals surface area (Å²) in [6, 6.07) is 19.1. The van der Waals surface area contributed by atoms with Crippen LogP contribution < -0.4 is 11.1 Å². The van der Waals surface area contributed by atoms with Crippen molar-refractivity contribution in [1.82, 2.24) is 10.2 Å². The van der Waals surface area contributed by atoms with Gasteiger partial charge in [0.05, 0.1) is 30.9 Å². The van der Waals surface area contributed by atoms with Crippen LogP contribution in [0.2, 0.25) is 0 Å². The fourth-order valence-electron chi connectivity index (χ4n) is 4.60. The smallest absolute Gasteiger partial charge is 0.248 e. The molecule has 4 rings (SSSR count). The molecular formula is C29H30N4O4. The van der Waals surface area contributed by atoms with Gasteiger partial charge in [-0.05, 0) is 84.1 Å². The highest BCUT2D eigenvalue weighted by atomic mass is 16.5. The predicted octanol–water partition coefficient (Wildman–Crippen LogP) is 3.42. The van der Waals surface area contributed by atoms with Crippen molar-refractivity contribution in [2.45, 2.75) is 32.5 Å². The summed E-state index contributed by atoms with van der Waals surface area (Å²) in [4.78, 5) is 26.8. The summed E-state index contributed by atoms with van der Waals surface area (Å²) < 4.78 is 5.63. The van der Waals surface area contributed by atoms with E-state index in [1.54, 1.807) is 36.4 Å². The molecule has 8 nitrogen and oxygen atoms in total. The molecule has 2 amide bonds. The number of hydrogen-bond donors (Lipinski definition) is 3. The van der Waals surface area contributed by atoms with Gasteiger partial charge in [-0.1, -0.05) is 18.2 Å². The third kappa shape index (κ3) is 6.15. The SMILES string of the molecule is Cc1cc(C(N)=O)ccc1-c1cc(O)cc(CN2CCOCC2C(=O)N[C@@H](C)c2ccc(C#N)cc2)c1. The molecule has 0 saturated carbocycles. The number of nitrogens with zero attached hydrogens (tertiary/aromatic N) is 2. The van der Waals surface area contributed by atoms with Crippen molar-refractivity contribution in [3.05, 3.63) is 88.5 Å². The zero-order chi connectivity index (χ0) is 26.5. The highest BCUT2D eigenvalue weighted by Crippen LogP contribution is 2.30. The average Bonchev–Trinajstić information content (AvgIpc) is 2.88. The van der Waals surface area contributed by atoms with Gasteiger partial charge in [0.2, 0.25) is 11.8 Å². The van der Waals surface area contributed by atoms with Crippen molar-refractivity contribution in [2.24, 2.45) is 5.73 Å². The molecule has 8 heteroatoms. The van der Waals surface area contributed by atoms with E-state index in [4.69, 9.17) is 15.7 Å². The van der Waals surface area contributed by atoms with Crippen molar-refractivity contribution >= 4 is 11.8 Å². The minimum Gasteiger partial charge on any atom is -0.508 e. The predicted molar refractivity (Wildman–Crippen MR) is 140 cm³/mol. The highest BCUT2D eigenvalue weighted by molar-refractivity contribution is 5.93. The van der Waals surface area contributed by atoms with Gasteiger partial charge >= 0.3 is 0 Å². The number of rotatable bonds is 7. The van der Waals surface area contributed by atoms with E-state index in [9.17, 15) is 14.7 Å². The third-order valence-electron chi connectivity index (χ3n) is 6.63. The van der Waals surface area contributed by atoms with Crippen LogP contribution in [0.5, 0.6) is 5.75 Å². The molecular weight excluding hydrogens is 468 g/mol. The quantitative estimate of drug-likeness (QED) is 0.458. The number of carbonyl (C=O) groups is 2. The Kier molecular flexibility index (Phi) is 7.87. The molecule has 1 saturated heterocycles. The van der Waals surface area contributed by atoms with E-state index in [2.05, 4.69) is 11.4 Å². The van der Waals surface area contributed by atoms with Crippen LogP contribution in [-0.4, -0.2) is 47.6 Å². The maximum absolute atomic E-state index is 13.2. The summed E-state index contributed by atoms with van der Waals surface area (Å²) in [5.74, 6) is -0.513. The van der Waals surface area contributed by atoms with Crippen LogP contribution in [0, 0.1) is 18.3 Å². The molecule has 1 unspecified atom stereocenters. The number of phenolic OH excluding ortho intramolecular Hbond substituents is 1. The fraction of sp³-hybridized carbons (Fsp3) is 0.276. The number of hydrogen-bond acceptors (Lipinski definition) is 6. The largest absolute Gasteiger partial charge is 0.508 e. The van der Waals surface area contributed by atoms with Crippen molar-refractivity contribution in [1.29, 1.82) is 5.26 Å². The summed E-state index contributed by atoms with van der Waals surface area (Å²) in [5, 5.41) is 22.5. The third-order valence-corrected chi connectivity index (χ3v) is 6.63. The Bertz CT molecular complexity index is 1350. The average molecular weight is 499 g/mol. The monoisotopic (exact) mass is 498 g/mol. The maximum Gasteiger partial charge on any atom is 0.248 e. The number of nitriles is 1. The molecule has 0 aliphatic carbocycles. The van der Waals surface area contributed by atoms with Crippen LogP contribution in [0.1, 0.15) is 45.6 Å². The molecule has 37 heavy (non-hydrogen) atoms. The lowest BCUT2D eigenvalue weighted by molar-refractivity contribution is -0.133. The molecule has 2 atom stereocenters. The van der Waals surface area contributed by atoms with Crippen LogP contribution in [0.4, 0.5) is 0 Å². The van der Waals surface area contributed by atoms with Crippen LogP contribution in [-0.2, 0) is 16.1 Å². The zero-order valence-corrected chi connectivity index (χ0v) is 20.9. The molecule has 1 aliphatic rings. The Morgan fingerprint density at radius 2 is 1.95 bits per heavy atom. The molecule has 0 radical (unpaired) electrons. The van der Waals surface area contributed by atoms with Crippen molar-refractivity contribution in [2.75, 3.05) is 19.8 Å². The van der Waals surface area contributed by atoms with Gasteiger partial charge in [0.25, 0.3) is 0 Å². The van der Waals surface area contributed by atoms with Crippen LogP contribution >= 0.6 is 0 Å². The van der Waals surface area contributed by atoms with Gasteiger partial charge in [0, 0.05) is 18.7 Å². The van der Waals surface area contributed by atoms with E-state index in [-0.39, 0.29) is 24.3 Å². The van der Waals surface area contributed by atoms with Gasteiger partial charge in [0.15, 0.2) is 0 Å². The second-order valence-electron chi connectivity index (χ2n) is 9.31. The normalized spacial score (nSPS) is 16.5. The topological polar surface area (TPSA) is 129 Å². The van der Waals surface area contributed by atoms with E-state index >= 15 is 0 Å². The lowest BCUT2D eigenvalue weighted by atomic mass is 9.96. The number of nitrogens with two attached hydrogens (primary N) is 1. The summed E-state index contributed by atoms with van der Waals surface area (Å²) in [7, 11) is 0. The van der Waals surface area contributed by atoms with Crippen molar-refractivity contribution in [3.63, 3.8) is 0 Å². The highest BCUT2D eigenvalue weighted by Gasteiger charge is 2.30. The Hall–Kier alpha value is -4.19. The minimum atomic E-state index is -0.489. The van der Waals surface area contributed by atoms with Crippen LogP contribution in [0.25, 0.3) is 11.1 Å². The minimum absolute atomic E-state index is 0.120. The number of primary amides is 1. The summed E-state index contributed by atoms with van der Waals surface area (Å²) in [6.45, 7) is 5.59. The Labute approximate surface area is 216 Å². The first kappa shape index (κ1) is 25.9. The molecule has 3 aromatic rings. The molecule has 4 N–H and O–H groups in total. The number of nitrogens with one attached hydrogen (secondary N) is 1. The molecule has 0 spiro atoms. The van der Waals surface area contributed by atoms with Gasteiger partial charge < -0.3 is 20.9 Å². The lowest BCUT2D eigenvalue weighted by Crippen LogP contribution is -2.53. The van der Waals surface area contributed by atoms with Crippen molar-refractivity contribution < 1.29 is 19.4 Å². The second-order valence-corrected chi connectivity index (χ2v) is 9.31. The molecule has 0 bridgehead atoms. The molecule has 0 aromatic heterocycles. The number of aryl methyl sites for hydroxylation is 1. The number of carbonyl (C=O) groups excluding carboxylic acids is 2. The standard InChI is InChI=1S/C29H30N4O4/c1-18-11-23(28(31)35)7-8-26(18)24-12-21(13-25(34)14-24)16-33-9-10-37-17-27(33)29(36)32-19(2)22-5-3-20(15-30)4-6-22/h3-8,11-14,19,27,34H,9-10,16-17H2,1-2H3,(H2,31,35)(H,32,36)/t19-,27?/m0/s1. The number of benzene rings is 3. The van der Waals surface area contributed by atoms with E-state index in [1.165, 1.54) is 0 Å². The number of ether oxygens (including phenoxy) is 1. The Morgan fingerprint density at radius 1 is 1.19 bits per heavy atom. The summed E-state index contributed by atoms with van der Waals surface area (Å²) in [6.07, 6.45) is 0. The number of phenols is 1. The molecule has 1 fully saturated rings. The first-order valence-corrected chi connectivity index (χ1v) is 12.1. The lowest BCUT2D eigenvalue weighted by Gasteiger charge is -2.35. The maximum atomic E-state index is 13.2. The molecule has 3 aromatic carbocycles. The molecule has 1 aliphatic heterocycles. The van der Waals surface area contributed by atoms with Gasteiger partial charge in [-0.3, -0.25) is 14.5 Å². The first-order chi connectivity index (χ1) is 17.7. The first-order valence-electron chi connectivity index (χ1n) is 12.1. The number of aromatic hydroxyl groups is 1. The zero-order valence-electron chi connectivity index (χ0n) is 20.9.